The monoisotopic (exact) mass is 421 g/mol. The van der Waals surface area contributed by atoms with Gasteiger partial charge in [0.1, 0.15) is 12.4 Å². The zero-order valence-electron chi connectivity index (χ0n) is 17.6. The number of hydrogen-bond donors (Lipinski definition) is 1. The van der Waals surface area contributed by atoms with Crippen LogP contribution in [-0.4, -0.2) is 16.1 Å². The number of carboxylic acid groups (broad SMARTS) is 1. The second-order valence-corrected chi connectivity index (χ2v) is 7.97. The van der Waals surface area contributed by atoms with Gasteiger partial charge in [-0.1, -0.05) is 66.7 Å². The first-order valence-electron chi connectivity index (χ1n) is 10.8. The van der Waals surface area contributed by atoms with Crippen molar-refractivity contribution < 1.29 is 14.6 Å². The Hall–Kier alpha value is -3.92. The standard InChI is InChI=1S/C28H23NO3/c30-28(31)26-22-13-5-6-15-24(22)29-27-21(12-8-14-23(26)27)17-20-11-4-7-16-25(20)32-18-19-9-2-1-3-10-19/h1-7,9-11,13,15-17H,8,12,14,18H2,(H,30,31). The van der Waals surface area contributed by atoms with Crippen molar-refractivity contribution in [1.82, 2.24) is 4.98 Å². The predicted octanol–water partition coefficient (Wildman–Crippen LogP) is 6.39. The van der Waals surface area contributed by atoms with E-state index in [1.807, 2.05) is 78.9 Å². The van der Waals surface area contributed by atoms with Crippen LogP contribution >= 0.6 is 0 Å². The number of ether oxygens (including phenoxy) is 1. The summed E-state index contributed by atoms with van der Waals surface area (Å²) in [4.78, 5) is 17.0. The Bertz CT molecular complexity index is 1330. The summed E-state index contributed by atoms with van der Waals surface area (Å²) in [5.74, 6) is -0.0945. The van der Waals surface area contributed by atoms with Crippen molar-refractivity contribution in [3.8, 4) is 5.75 Å². The number of nitrogens with zero attached hydrogens (tertiary/aromatic N) is 1. The average Bonchev–Trinajstić information content (AvgIpc) is 2.83. The molecule has 0 saturated carbocycles. The molecule has 0 atom stereocenters. The summed E-state index contributed by atoms with van der Waals surface area (Å²) < 4.78 is 6.13. The van der Waals surface area contributed by atoms with Crippen LogP contribution in [0.4, 0.5) is 0 Å². The first-order chi connectivity index (χ1) is 15.7. The second-order valence-electron chi connectivity index (χ2n) is 7.97. The van der Waals surface area contributed by atoms with Gasteiger partial charge < -0.3 is 9.84 Å². The molecule has 5 rings (SSSR count). The van der Waals surface area contributed by atoms with Crippen molar-refractivity contribution in [3.63, 3.8) is 0 Å². The number of aromatic carboxylic acids is 1. The van der Waals surface area contributed by atoms with Gasteiger partial charge in [-0.3, -0.25) is 0 Å². The van der Waals surface area contributed by atoms with Crippen LogP contribution in [0.5, 0.6) is 5.75 Å². The summed E-state index contributed by atoms with van der Waals surface area (Å²) in [6, 6.07) is 25.5. The van der Waals surface area contributed by atoms with Crippen molar-refractivity contribution in [2.24, 2.45) is 0 Å². The molecule has 3 aromatic carbocycles. The average molecular weight is 421 g/mol. The number of carboxylic acids is 1. The maximum Gasteiger partial charge on any atom is 0.336 e. The molecule has 0 fully saturated rings. The molecule has 0 saturated heterocycles. The van der Waals surface area contributed by atoms with Crippen LogP contribution in [0.2, 0.25) is 0 Å². The van der Waals surface area contributed by atoms with E-state index in [0.717, 1.165) is 53.0 Å². The van der Waals surface area contributed by atoms with Gasteiger partial charge in [-0.15, -0.1) is 0 Å². The van der Waals surface area contributed by atoms with Crippen LogP contribution in [0.1, 0.15) is 45.6 Å². The number of carbonyl (C=O) groups is 1. The number of allylic oxidation sites excluding steroid dienone is 1. The van der Waals surface area contributed by atoms with E-state index in [-0.39, 0.29) is 0 Å². The molecule has 0 bridgehead atoms. The van der Waals surface area contributed by atoms with E-state index in [2.05, 4.69) is 6.08 Å². The lowest BCUT2D eigenvalue weighted by Gasteiger charge is -2.22. The zero-order chi connectivity index (χ0) is 21.9. The van der Waals surface area contributed by atoms with Crippen LogP contribution in [0.25, 0.3) is 22.6 Å². The van der Waals surface area contributed by atoms with E-state index in [0.29, 0.717) is 23.1 Å². The third kappa shape index (κ3) is 3.87. The van der Waals surface area contributed by atoms with E-state index in [9.17, 15) is 9.90 Å². The summed E-state index contributed by atoms with van der Waals surface area (Å²) in [6.45, 7) is 0.490. The van der Waals surface area contributed by atoms with E-state index >= 15 is 0 Å². The zero-order valence-corrected chi connectivity index (χ0v) is 17.6. The molecule has 0 amide bonds. The van der Waals surface area contributed by atoms with Crippen molar-refractivity contribution in [3.05, 3.63) is 107 Å². The fourth-order valence-corrected chi connectivity index (χ4v) is 4.37. The predicted molar refractivity (Wildman–Crippen MR) is 127 cm³/mol. The third-order valence-corrected chi connectivity index (χ3v) is 5.87. The number of fused-ring (bicyclic) bond motifs is 2. The number of pyridine rings is 1. The molecule has 1 aliphatic carbocycles. The summed E-state index contributed by atoms with van der Waals surface area (Å²) >= 11 is 0. The minimum Gasteiger partial charge on any atom is -0.488 e. The number of hydrogen-bond acceptors (Lipinski definition) is 3. The van der Waals surface area contributed by atoms with Gasteiger partial charge in [-0.25, -0.2) is 9.78 Å². The first kappa shape index (κ1) is 20.0. The second kappa shape index (κ2) is 8.67. The summed E-state index contributed by atoms with van der Waals surface area (Å²) in [5.41, 5.74) is 5.85. The van der Waals surface area contributed by atoms with Crippen LogP contribution in [0.3, 0.4) is 0 Å². The van der Waals surface area contributed by atoms with Crippen molar-refractivity contribution in [2.45, 2.75) is 25.9 Å². The Morgan fingerprint density at radius 3 is 2.53 bits per heavy atom. The maximum atomic E-state index is 12.2. The number of para-hydroxylation sites is 2. The van der Waals surface area contributed by atoms with Gasteiger partial charge in [0.25, 0.3) is 0 Å². The smallest absolute Gasteiger partial charge is 0.336 e. The Kier molecular flexibility index (Phi) is 5.42. The van der Waals surface area contributed by atoms with Gasteiger partial charge in [-0.05, 0) is 54.2 Å². The summed E-state index contributed by atoms with van der Waals surface area (Å²) in [5, 5.41) is 10.7. The van der Waals surface area contributed by atoms with Gasteiger partial charge in [0, 0.05) is 10.9 Å². The molecule has 4 aromatic rings. The Balaban J connectivity index is 1.57. The minimum atomic E-state index is -0.896. The summed E-state index contributed by atoms with van der Waals surface area (Å²) in [7, 11) is 0. The van der Waals surface area contributed by atoms with Crippen molar-refractivity contribution in [1.29, 1.82) is 0 Å². The molecule has 4 heteroatoms. The highest BCUT2D eigenvalue weighted by Crippen LogP contribution is 2.37. The Morgan fingerprint density at radius 2 is 1.69 bits per heavy atom. The molecule has 0 aliphatic heterocycles. The molecule has 32 heavy (non-hydrogen) atoms. The molecule has 0 spiro atoms. The van der Waals surface area contributed by atoms with E-state index in [1.54, 1.807) is 0 Å². The van der Waals surface area contributed by atoms with Gasteiger partial charge in [0.15, 0.2) is 0 Å². The quantitative estimate of drug-likeness (QED) is 0.406. The number of aromatic nitrogens is 1. The van der Waals surface area contributed by atoms with E-state index in [1.165, 1.54) is 0 Å². The fraction of sp³-hybridized carbons (Fsp3) is 0.143. The Morgan fingerprint density at radius 1 is 0.938 bits per heavy atom. The van der Waals surface area contributed by atoms with Gasteiger partial charge in [0.2, 0.25) is 0 Å². The molecule has 1 N–H and O–H groups in total. The molecular formula is C28H23NO3. The lowest BCUT2D eigenvalue weighted by Crippen LogP contribution is -2.13. The van der Waals surface area contributed by atoms with Crippen molar-refractivity contribution >= 4 is 28.5 Å². The van der Waals surface area contributed by atoms with Crippen LogP contribution in [-0.2, 0) is 13.0 Å². The molecule has 0 unspecified atom stereocenters. The summed E-state index contributed by atoms with van der Waals surface area (Å²) in [6.07, 6.45) is 4.57. The normalized spacial score (nSPS) is 14.3. The molecular weight excluding hydrogens is 398 g/mol. The largest absolute Gasteiger partial charge is 0.488 e. The minimum absolute atomic E-state index is 0.379. The molecule has 0 radical (unpaired) electrons. The topological polar surface area (TPSA) is 59.4 Å². The molecule has 1 heterocycles. The van der Waals surface area contributed by atoms with Crippen LogP contribution in [0, 0.1) is 0 Å². The Labute approximate surface area is 186 Å². The first-order valence-corrected chi connectivity index (χ1v) is 10.8. The van der Waals surface area contributed by atoms with Crippen molar-refractivity contribution in [2.75, 3.05) is 0 Å². The highest BCUT2D eigenvalue weighted by molar-refractivity contribution is 6.05. The molecule has 158 valence electrons. The van der Waals surface area contributed by atoms with Crippen LogP contribution < -0.4 is 4.74 Å². The number of rotatable bonds is 5. The van der Waals surface area contributed by atoms with Gasteiger partial charge in [-0.2, -0.15) is 0 Å². The molecule has 1 aliphatic rings. The van der Waals surface area contributed by atoms with Crippen LogP contribution in [0.15, 0.2) is 78.9 Å². The van der Waals surface area contributed by atoms with E-state index < -0.39 is 5.97 Å². The lowest BCUT2D eigenvalue weighted by molar-refractivity contribution is 0.0697. The number of benzene rings is 3. The third-order valence-electron chi connectivity index (χ3n) is 5.87. The SMILES string of the molecule is O=C(O)c1c2c(nc3ccccc13)C(=Cc1ccccc1OCc1ccccc1)CCC2. The fourth-order valence-electron chi connectivity index (χ4n) is 4.37. The lowest BCUT2D eigenvalue weighted by atomic mass is 9.86. The van der Waals surface area contributed by atoms with Gasteiger partial charge in [0.05, 0.1) is 16.8 Å². The molecule has 1 aromatic heterocycles. The molecule has 4 nitrogen and oxygen atoms in total. The van der Waals surface area contributed by atoms with Gasteiger partial charge >= 0.3 is 5.97 Å². The van der Waals surface area contributed by atoms with E-state index in [4.69, 9.17) is 9.72 Å². The highest BCUT2D eigenvalue weighted by atomic mass is 16.5. The maximum absolute atomic E-state index is 12.2. The highest BCUT2D eigenvalue weighted by Gasteiger charge is 2.25.